The first-order valence-electron chi connectivity index (χ1n) is 7.81. The second kappa shape index (κ2) is 6.42. The lowest BCUT2D eigenvalue weighted by atomic mass is 9.73. The molecule has 0 aliphatic carbocycles. The number of hydrogen-bond acceptors (Lipinski definition) is 3. The molecule has 0 aromatic rings. The highest BCUT2D eigenvalue weighted by Crippen LogP contribution is 2.44. The summed E-state index contributed by atoms with van der Waals surface area (Å²) in [5.41, 5.74) is -0.700. The van der Waals surface area contributed by atoms with Crippen LogP contribution >= 0.6 is 0 Å². The maximum absolute atomic E-state index is 13.0. The molecule has 124 valence electrons. The Labute approximate surface area is 125 Å². The first kappa shape index (κ1) is 17.0. The third-order valence-electron chi connectivity index (χ3n) is 4.76. The van der Waals surface area contributed by atoms with E-state index < -0.39 is 17.5 Å². The van der Waals surface area contributed by atoms with Crippen molar-refractivity contribution in [1.29, 1.82) is 0 Å². The van der Waals surface area contributed by atoms with Gasteiger partial charge >= 0.3 is 6.18 Å². The quantitative estimate of drug-likeness (QED) is 0.797. The Balaban J connectivity index is 1.81. The maximum Gasteiger partial charge on any atom is 0.392 e. The Morgan fingerprint density at radius 3 is 2.38 bits per heavy atom. The molecule has 2 fully saturated rings. The summed E-state index contributed by atoms with van der Waals surface area (Å²) in [6.07, 6.45) is -3.60. The SMILES string of the molecule is C[C@@H]1CN(CCN2CC[C@@H](C(F)(F)F)C(C)(C)C2)CCO1. The minimum atomic E-state index is -4.07. The Morgan fingerprint density at radius 1 is 1.14 bits per heavy atom. The zero-order valence-corrected chi connectivity index (χ0v) is 13.2. The van der Waals surface area contributed by atoms with Gasteiger partial charge in [0.15, 0.2) is 0 Å². The minimum absolute atomic E-state index is 0.218. The van der Waals surface area contributed by atoms with E-state index in [4.69, 9.17) is 4.74 Å². The smallest absolute Gasteiger partial charge is 0.376 e. The molecule has 0 amide bonds. The van der Waals surface area contributed by atoms with E-state index in [1.165, 1.54) is 0 Å². The van der Waals surface area contributed by atoms with E-state index in [0.717, 1.165) is 32.8 Å². The molecular weight excluding hydrogens is 281 g/mol. The van der Waals surface area contributed by atoms with Crippen molar-refractivity contribution in [3.05, 3.63) is 0 Å². The molecule has 0 bridgehead atoms. The van der Waals surface area contributed by atoms with Gasteiger partial charge in [0.05, 0.1) is 18.6 Å². The second-order valence-corrected chi connectivity index (χ2v) is 7.13. The highest BCUT2D eigenvalue weighted by Gasteiger charge is 2.50. The third-order valence-corrected chi connectivity index (χ3v) is 4.76. The van der Waals surface area contributed by atoms with Crippen LogP contribution in [0.2, 0.25) is 0 Å². The van der Waals surface area contributed by atoms with Crippen LogP contribution < -0.4 is 0 Å². The summed E-state index contributed by atoms with van der Waals surface area (Å²) < 4.78 is 44.6. The average molecular weight is 308 g/mol. The molecule has 3 nitrogen and oxygen atoms in total. The van der Waals surface area contributed by atoms with Crippen LogP contribution in [0.1, 0.15) is 27.2 Å². The standard InChI is InChI=1S/C15H27F3N2O/c1-12-10-19(8-9-21-12)6-7-20-5-4-13(15(16,17)18)14(2,3)11-20/h12-13H,4-11H2,1-3H3/t12-,13-/m1/s1. The lowest BCUT2D eigenvalue weighted by Crippen LogP contribution is -2.52. The first-order chi connectivity index (χ1) is 9.68. The normalized spacial score (nSPS) is 32.3. The van der Waals surface area contributed by atoms with Crippen molar-refractivity contribution in [2.75, 3.05) is 45.9 Å². The summed E-state index contributed by atoms with van der Waals surface area (Å²) in [7, 11) is 0. The molecule has 2 aliphatic heterocycles. The van der Waals surface area contributed by atoms with E-state index in [1.807, 2.05) is 0 Å². The van der Waals surface area contributed by atoms with Crippen molar-refractivity contribution in [3.8, 4) is 0 Å². The minimum Gasteiger partial charge on any atom is -0.376 e. The van der Waals surface area contributed by atoms with E-state index in [2.05, 4.69) is 16.7 Å². The molecular formula is C15H27F3N2O. The van der Waals surface area contributed by atoms with Crippen LogP contribution in [-0.2, 0) is 4.74 Å². The van der Waals surface area contributed by atoms with Crippen molar-refractivity contribution >= 4 is 0 Å². The van der Waals surface area contributed by atoms with Gasteiger partial charge in [-0.3, -0.25) is 4.90 Å². The predicted molar refractivity (Wildman–Crippen MR) is 76.2 cm³/mol. The Bertz CT molecular complexity index is 346. The first-order valence-corrected chi connectivity index (χ1v) is 7.81. The molecule has 2 atom stereocenters. The van der Waals surface area contributed by atoms with Crippen molar-refractivity contribution < 1.29 is 17.9 Å². The molecule has 0 aromatic heterocycles. The second-order valence-electron chi connectivity index (χ2n) is 7.13. The van der Waals surface area contributed by atoms with E-state index in [1.54, 1.807) is 13.8 Å². The molecule has 2 saturated heterocycles. The Kier molecular flexibility index (Phi) is 5.21. The van der Waals surface area contributed by atoms with Crippen LogP contribution in [0.15, 0.2) is 0 Å². The van der Waals surface area contributed by atoms with Crippen LogP contribution in [0.3, 0.4) is 0 Å². The summed E-state index contributed by atoms with van der Waals surface area (Å²) in [5.74, 6) is -1.18. The number of nitrogens with zero attached hydrogens (tertiary/aromatic N) is 2. The number of alkyl halides is 3. The molecule has 0 spiro atoms. The van der Waals surface area contributed by atoms with Crippen molar-refractivity contribution in [2.45, 2.75) is 39.5 Å². The third kappa shape index (κ3) is 4.57. The highest BCUT2D eigenvalue weighted by atomic mass is 19.4. The van der Waals surface area contributed by atoms with Crippen LogP contribution in [-0.4, -0.2) is 68.0 Å². The van der Waals surface area contributed by atoms with Gasteiger partial charge in [-0.1, -0.05) is 13.8 Å². The zero-order chi connectivity index (χ0) is 15.7. The van der Waals surface area contributed by atoms with Gasteiger partial charge in [-0.05, 0) is 25.3 Å². The molecule has 2 heterocycles. The van der Waals surface area contributed by atoms with Gasteiger partial charge < -0.3 is 9.64 Å². The zero-order valence-electron chi connectivity index (χ0n) is 13.2. The van der Waals surface area contributed by atoms with E-state index >= 15 is 0 Å². The fraction of sp³-hybridized carbons (Fsp3) is 1.00. The maximum atomic E-state index is 13.0. The van der Waals surface area contributed by atoms with Crippen molar-refractivity contribution in [2.24, 2.45) is 11.3 Å². The van der Waals surface area contributed by atoms with Gasteiger partial charge in [0.1, 0.15) is 0 Å². The van der Waals surface area contributed by atoms with Crippen molar-refractivity contribution in [3.63, 3.8) is 0 Å². The number of rotatable bonds is 3. The predicted octanol–water partition coefficient (Wildman–Crippen LogP) is 2.62. The van der Waals surface area contributed by atoms with Gasteiger partial charge in [-0.2, -0.15) is 13.2 Å². The average Bonchev–Trinajstić information content (AvgIpc) is 2.33. The fourth-order valence-corrected chi connectivity index (χ4v) is 3.64. The molecule has 2 rings (SSSR count). The largest absolute Gasteiger partial charge is 0.392 e. The van der Waals surface area contributed by atoms with E-state index in [-0.39, 0.29) is 12.5 Å². The molecule has 2 aliphatic rings. The summed E-state index contributed by atoms with van der Waals surface area (Å²) in [5, 5.41) is 0. The monoisotopic (exact) mass is 308 g/mol. The summed E-state index contributed by atoms with van der Waals surface area (Å²) in [4.78, 5) is 4.53. The summed E-state index contributed by atoms with van der Waals surface area (Å²) in [6, 6.07) is 0. The van der Waals surface area contributed by atoms with Crippen LogP contribution in [0.25, 0.3) is 0 Å². The number of hydrogen-bond donors (Lipinski definition) is 0. The molecule has 6 heteroatoms. The lowest BCUT2D eigenvalue weighted by molar-refractivity contribution is -0.217. The van der Waals surface area contributed by atoms with Gasteiger partial charge in [-0.15, -0.1) is 0 Å². The number of morpholine rings is 1. The molecule has 21 heavy (non-hydrogen) atoms. The molecule has 0 saturated carbocycles. The summed E-state index contributed by atoms with van der Waals surface area (Å²) in [6.45, 7) is 11.0. The van der Waals surface area contributed by atoms with Gasteiger partial charge in [-0.25, -0.2) is 0 Å². The number of piperidine rings is 1. The number of ether oxygens (including phenoxy) is 1. The van der Waals surface area contributed by atoms with E-state index in [9.17, 15) is 13.2 Å². The lowest BCUT2D eigenvalue weighted by Gasteiger charge is -2.45. The van der Waals surface area contributed by atoms with Crippen LogP contribution in [0, 0.1) is 11.3 Å². The fourth-order valence-electron chi connectivity index (χ4n) is 3.64. The number of halogens is 3. The van der Waals surface area contributed by atoms with Crippen LogP contribution in [0.5, 0.6) is 0 Å². The summed E-state index contributed by atoms with van der Waals surface area (Å²) >= 11 is 0. The highest BCUT2D eigenvalue weighted by molar-refractivity contribution is 4.91. The van der Waals surface area contributed by atoms with Gasteiger partial charge in [0.25, 0.3) is 0 Å². The van der Waals surface area contributed by atoms with Crippen LogP contribution in [0.4, 0.5) is 13.2 Å². The Hall–Kier alpha value is -0.330. The molecule has 0 aromatic carbocycles. The molecule has 0 unspecified atom stereocenters. The number of likely N-dealkylation sites (tertiary alicyclic amines) is 1. The molecule has 0 radical (unpaired) electrons. The van der Waals surface area contributed by atoms with Crippen molar-refractivity contribution in [1.82, 2.24) is 9.80 Å². The van der Waals surface area contributed by atoms with Gasteiger partial charge in [0, 0.05) is 32.7 Å². The van der Waals surface area contributed by atoms with Gasteiger partial charge in [0.2, 0.25) is 0 Å². The van der Waals surface area contributed by atoms with E-state index in [0.29, 0.717) is 13.1 Å². The molecule has 0 N–H and O–H groups in total. The topological polar surface area (TPSA) is 15.7 Å². The Morgan fingerprint density at radius 2 is 1.81 bits per heavy atom.